The van der Waals surface area contributed by atoms with Crippen LogP contribution in [0.3, 0.4) is 0 Å². The van der Waals surface area contributed by atoms with Gasteiger partial charge in [0.2, 0.25) is 5.76 Å². The molecule has 6 heteroatoms. The van der Waals surface area contributed by atoms with E-state index in [1.807, 2.05) is 18.3 Å². The number of aromatic carboxylic acids is 1. The zero-order valence-corrected chi connectivity index (χ0v) is 9.67. The van der Waals surface area contributed by atoms with Crippen molar-refractivity contribution in [3.05, 3.63) is 29.7 Å². The summed E-state index contributed by atoms with van der Waals surface area (Å²) in [6.45, 7) is 1.70. The van der Waals surface area contributed by atoms with Gasteiger partial charge in [-0.05, 0) is 19.1 Å². The third-order valence-corrected chi connectivity index (χ3v) is 3.68. The lowest BCUT2D eigenvalue weighted by atomic mass is 10.2. The van der Waals surface area contributed by atoms with Gasteiger partial charge in [-0.1, -0.05) is 5.16 Å². The molecule has 0 aromatic carbocycles. The van der Waals surface area contributed by atoms with Crippen molar-refractivity contribution >= 4 is 27.5 Å². The van der Waals surface area contributed by atoms with Gasteiger partial charge in [0.05, 0.1) is 4.88 Å². The van der Waals surface area contributed by atoms with Crippen LogP contribution in [0.2, 0.25) is 0 Å². The van der Waals surface area contributed by atoms with E-state index in [2.05, 4.69) is 10.1 Å². The topological polar surface area (TPSA) is 79.1 Å². The van der Waals surface area contributed by atoms with Gasteiger partial charge in [0.25, 0.3) is 0 Å². The lowest BCUT2D eigenvalue weighted by Crippen LogP contribution is -1.95. The fourth-order valence-corrected chi connectivity index (χ4v) is 2.80. The van der Waals surface area contributed by atoms with Crippen LogP contribution in [0.25, 0.3) is 20.8 Å². The van der Waals surface area contributed by atoms with E-state index >= 15 is 0 Å². The van der Waals surface area contributed by atoms with Gasteiger partial charge >= 0.3 is 5.97 Å². The van der Waals surface area contributed by atoms with Crippen LogP contribution in [0.1, 0.15) is 16.1 Å². The predicted molar refractivity (Wildman–Crippen MR) is 63.4 cm³/mol. The largest absolute Gasteiger partial charge is 0.475 e. The highest BCUT2D eigenvalue weighted by Gasteiger charge is 2.20. The third-order valence-electron chi connectivity index (χ3n) is 2.59. The van der Waals surface area contributed by atoms with E-state index in [1.165, 1.54) is 11.3 Å². The van der Waals surface area contributed by atoms with Crippen LogP contribution in [0.15, 0.2) is 22.9 Å². The molecular formula is C11H8N2O3S. The quantitative estimate of drug-likeness (QED) is 0.730. The minimum atomic E-state index is -1.09. The SMILES string of the molecule is Cc1c(-c2cc3cc[nH]c3s2)noc1C(=O)O. The van der Waals surface area contributed by atoms with Crippen LogP contribution in [-0.4, -0.2) is 21.2 Å². The number of carbonyl (C=O) groups is 1. The second-order valence-electron chi connectivity index (χ2n) is 3.66. The van der Waals surface area contributed by atoms with Gasteiger partial charge in [0, 0.05) is 17.1 Å². The minimum absolute atomic E-state index is 0.0999. The Morgan fingerprint density at radius 1 is 1.59 bits per heavy atom. The summed E-state index contributed by atoms with van der Waals surface area (Å²) >= 11 is 1.53. The second kappa shape index (κ2) is 3.46. The molecule has 0 bridgehead atoms. The Morgan fingerprint density at radius 3 is 3.06 bits per heavy atom. The molecule has 0 radical (unpaired) electrons. The maximum Gasteiger partial charge on any atom is 0.375 e. The number of carboxylic acids is 1. The van der Waals surface area contributed by atoms with Gasteiger partial charge in [-0.25, -0.2) is 4.79 Å². The van der Waals surface area contributed by atoms with Crippen molar-refractivity contribution in [3.8, 4) is 10.6 Å². The highest BCUT2D eigenvalue weighted by atomic mass is 32.1. The summed E-state index contributed by atoms with van der Waals surface area (Å²) in [5.74, 6) is -1.19. The number of H-pyrrole nitrogens is 1. The Kier molecular flexibility index (Phi) is 2.05. The molecule has 3 aromatic heterocycles. The van der Waals surface area contributed by atoms with E-state index in [4.69, 9.17) is 9.63 Å². The van der Waals surface area contributed by atoms with Crippen LogP contribution in [0.4, 0.5) is 0 Å². The van der Waals surface area contributed by atoms with Gasteiger partial charge in [0.1, 0.15) is 10.5 Å². The van der Waals surface area contributed by atoms with Gasteiger partial charge in [0.15, 0.2) is 0 Å². The number of fused-ring (bicyclic) bond motifs is 1. The van der Waals surface area contributed by atoms with Crippen molar-refractivity contribution in [2.45, 2.75) is 6.92 Å². The molecule has 0 spiro atoms. The molecule has 5 nitrogen and oxygen atoms in total. The van der Waals surface area contributed by atoms with Crippen molar-refractivity contribution in [1.82, 2.24) is 10.1 Å². The Hall–Kier alpha value is -2.08. The Morgan fingerprint density at radius 2 is 2.41 bits per heavy atom. The average molecular weight is 248 g/mol. The average Bonchev–Trinajstić information content (AvgIpc) is 2.88. The standard InChI is InChI=1S/C11H8N2O3S/c1-5-8(13-16-9(5)11(14)15)7-4-6-2-3-12-10(6)17-7/h2-4,12H,1H3,(H,14,15). The first kappa shape index (κ1) is 10.1. The molecule has 86 valence electrons. The van der Waals surface area contributed by atoms with Crippen LogP contribution < -0.4 is 0 Å². The summed E-state index contributed by atoms with van der Waals surface area (Å²) in [7, 11) is 0. The van der Waals surface area contributed by atoms with Crippen molar-refractivity contribution in [1.29, 1.82) is 0 Å². The van der Waals surface area contributed by atoms with E-state index in [0.717, 1.165) is 15.1 Å². The Bertz CT molecular complexity index is 679. The van der Waals surface area contributed by atoms with Crippen molar-refractivity contribution in [2.24, 2.45) is 0 Å². The van der Waals surface area contributed by atoms with Crippen LogP contribution in [0, 0.1) is 6.92 Å². The molecule has 3 heterocycles. The van der Waals surface area contributed by atoms with Crippen molar-refractivity contribution in [2.75, 3.05) is 0 Å². The number of hydrogen-bond donors (Lipinski definition) is 2. The molecule has 0 atom stereocenters. The number of carboxylic acid groups (broad SMARTS) is 1. The number of aromatic amines is 1. The van der Waals surface area contributed by atoms with Crippen molar-refractivity contribution < 1.29 is 14.4 Å². The molecule has 0 aliphatic carbocycles. The smallest absolute Gasteiger partial charge is 0.375 e. The predicted octanol–water partition coefficient (Wildman–Crippen LogP) is 2.89. The molecule has 3 aromatic rings. The minimum Gasteiger partial charge on any atom is -0.475 e. The third kappa shape index (κ3) is 1.45. The van der Waals surface area contributed by atoms with Gasteiger partial charge < -0.3 is 14.6 Å². The molecular weight excluding hydrogens is 240 g/mol. The van der Waals surface area contributed by atoms with E-state index in [-0.39, 0.29) is 5.76 Å². The summed E-state index contributed by atoms with van der Waals surface area (Å²) in [5, 5.41) is 13.8. The highest BCUT2D eigenvalue weighted by molar-refractivity contribution is 7.21. The molecule has 0 unspecified atom stereocenters. The molecule has 0 saturated heterocycles. The number of hydrogen-bond acceptors (Lipinski definition) is 4. The van der Waals surface area contributed by atoms with Crippen molar-refractivity contribution in [3.63, 3.8) is 0 Å². The molecule has 2 N–H and O–H groups in total. The van der Waals surface area contributed by atoms with Gasteiger partial charge in [-0.15, -0.1) is 11.3 Å². The van der Waals surface area contributed by atoms with Crippen LogP contribution in [-0.2, 0) is 0 Å². The Balaban J connectivity index is 2.15. The first-order valence-electron chi connectivity index (χ1n) is 4.93. The van der Waals surface area contributed by atoms with E-state index in [9.17, 15) is 4.79 Å². The molecule has 17 heavy (non-hydrogen) atoms. The fourth-order valence-electron chi connectivity index (χ4n) is 1.73. The summed E-state index contributed by atoms with van der Waals surface area (Å²) < 4.78 is 4.83. The molecule has 0 fully saturated rings. The monoisotopic (exact) mass is 248 g/mol. The maximum atomic E-state index is 10.9. The van der Waals surface area contributed by atoms with E-state index < -0.39 is 5.97 Å². The number of nitrogens with zero attached hydrogens (tertiary/aromatic N) is 1. The molecule has 0 amide bonds. The zero-order valence-electron chi connectivity index (χ0n) is 8.85. The summed E-state index contributed by atoms with van der Waals surface area (Å²) in [4.78, 5) is 15.9. The molecule has 0 aliphatic heterocycles. The lowest BCUT2D eigenvalue weighted by molar-refractivity contribution is 0.0651. The molecule has 0 saturated carbocycles. The van der Waals surface area contributed by atoms with Crippen LogP contribution in [0.5, 0.6) is 0 Å². The maximum absolute atomic E-state index is 10.9. The number of aromatic nitrogens is 2. The normalized spacial score (nSPS) is 11.1. The summed E-state index contributed by atoms with van der Waals surface area (Å²) in [6, 6.07) is 3.93. The molecule has 3 rings (SSSR count). The first-order chi connectivity index (χ1) is 8.16. The number of nitrogens with one attached hydrogen (secondary N) is 1. The van der Waals surface area contributed by atoms with Crippen LogP contribution >= 0.6 is 11.3 Å². The summed E-state index contributed by atoms with van der Waals surface area (Å²) in [6.07, 6.45) is 1.86. The van der Waals surface area contributed by atoms with E-state index in [0.29, 0.717) is 11.3 Å². The van der Waals surface area contributed by atoms with Gasteiger partial charge in [-0.3, -0.25) is 0 Å². The summed E-state index contributed by atoms with van der Waals surface area (Å²) in [5.41, 5.74) is 1.15. The first-order valence-corrected chi connectivity index (χ1v) is 5.75. The zero-order chi connectivity index (χ0) is 12.0. The number of rotatable bonds is 2. The fraction of sp³-hybridized carbons (Fsp3) is 0.0909. The second-order valence-corrected chi connectivity index (χ2v) is 4.72. The Labute approximate surface area is 99.7 Å². The highest BCUT2D eigenvalue weighted by Crippen LogP contribution is 2.34. The van der Waals surface area contributed by atoms with E-state index in [1.54, 1.807) is 6.92 Å². The molecule has 0 aliphatic rings. The van der Waals surface area contributed by atoms with Gasteiger partial charge in [-0.2, -0.15) is 0 Å². The number of thiophene rings is 1. The lowest BCUT2D eigenvalue weighted by Gasteiger charge is -1.90.